The first kappa shape index (κ1) is 11.3. The zero-order chi connectivity index (χ0) is 13.1. The summed E-state index contributed by atoms with van der Waals surface area (Å²) in [6, 6.07) is 6.37. The van der Waals surface area contributed by atoms with Crippen LogP contribution in [0.2, 0.25) is 0 Å². The molecule has 2 nitrogen and oxygen atoms in total. The molecule has 2 saturated carbocycles. The van der Waals surface area contributed by atoms with E-state index in [0.29, 0.717) is 5.78 Å². The second kappa shape index (κ2) is 3.72. The number of Topliss-reactive ketones (excluding diaryl/α,β-unsaturated/α-hetero) is 1. The molecule has 2 heteroatoms. The Morgan fingerprint density at radius 1 is 1.21 bits per heavy atom. The molecular weight excluding hydrogens is 234 g/mol. The maximum Gasteiger partial charge on any atom is 0.168 e. The number of rotatable bonds is 2. The van der Waals surface area contributed by atoms with E-state index in [1.165, 1.54) is 17.5 Å². The minimum Gasteiger partial charge on any atom is -0.350 e. The topological polar surface area (TPSA) is 22.0 Å². The first-order valence-corrected chi connectivity index (χ1v) is 7.23. The van der Waals surface area contributed by atoms with Gasteiger partial charge in [-0.25, -0.2) is 0 Å². The van der Waals surface area contributed by atoms with Gasteiger partial charge >= 0.3 is 0 Å². The predicted octanol–water partition coefficient (Wildman–Crippen LogP) is 3.72. The van der Waals surface area contributed by atoms with Crippen molar-refractivity contribution in [1.29, 1.82) is 0 Å². The van der Waals surface area contributed by atoms with E-state index in [0.717, 1.165) is 35.6 Å². The van der Waals surface area contributed by atoms with E-state index in [1.807, 2.05) is 13.2 Å². The minimum absolute atomic E-state index is 0.288. The molecular formula is C17H19NO. The molecule has 0 bridgehead atoms. The van der Waals surface area contributed by atoms with Crippen LogP contribution in [0.5, 0.6) is 0 Å². The number of benzene rings is 1. The molecule has 1 aromatic carbocycles. The van der Waals surface area contributed by atoms with Crippen molar-refractivity contribution in [2.45, 2.75) is 26.2 Å². The van der Waals surface area contributed by atoms with Crippen molar-refractivity contribution in [3.05, 3.63) is 35.5 Å². The Labute approximate surface area is 113 Å². The van der Waals surface area contributed by atoms with Gasteiger partial charge in [0.15, 0.2) is 5.78 Å². The normalized spacial score (nSPS) is 28.6. The zero-order valence-electron chi connectivity index (χ0n) is 11.5. The highest BCUT2D eigenvalue weighted by molar-refractivity contribution is 6.09. The summed E-state index contributed by atoms with van der Waals surface area (Å²) in [6.07, 6.45) is 5.66. The lowest BCUT2D eigenvalue weighted by Crippen LogP contribution is -2.12. The van der Waals surface area contributed by atoms with Crippen LogP contribution in [0, 0.1) is 24.7 Å². The summed E-state index contributed by atoms with van der Waals surface area (Å²) in [6.45, 7) is 2.10. The molecule has 4 rings (SSSR count). The van der Waals surface area contributed by atoms with E-state index >= 15 is 0 Å². The van der Waals surface area contributed by atoms with Crippen molar-refractivity contribution in [3.63, 3.8) is 0 Å². The molecule has 2 aromatic rings. The summed E-state index contributed by atoms with van der Waals surface area (Å²) in [4.78, 5) is 12.7. The lowest BCUT2D eigenvalue weighted by Gasteiger charge is -2.09. The largest absolute Gasteiger partial charge is 0.350 e. The zero-order valence-corrected chi connectivity index (χ0v) is 11.5. The average molecular weight is 253 g/mol. The lowest BCUT2D eigenvalue weighted by molar-refractivity contribution is 0.0916. The van der Waals surface area contributed by atoms with Gasteiger partial charge in [-0.05, 0) is 49.7 Å². The fourth-order valence-corrected chi connectivity index (χ4v) is 3.84. The Hall–Kier alpha value is -1.57. The molecule has 2 aliphatic carbocycles. The number of fused-ring (bicyclic) bond motifs is 2. The molecule has 0 radical (unpaired) electrons. The number of hydrogen-bond acceptors (Lipinski definition) is 1. The third-order valence-corrected chi connectivity index (χ3v) is 5.03. The number of aromatic nitrogens is 1. The van der Waals surface area contributed by atoms with Crippen molar-refractivity contribution >= 4 is 16.7 Å². The Morgan fingerprint density at radius 3 is 2.68 bits per heavy atom. The third kappa shape index (κ3) is 1.66. The molecule has 2 unspecified atom stereocenters. The highest BCUT2D eigenvalue weighted by Gasteiger charge is 2.48. The fraction of sp³-hybridized carbons (Fsp3) is 0.471. The second-order valence-corrected chi connectivity index (χ2v) is 6.46. The summed E-state index contributed by atoms with van der Waals surface area (Å²) in [7, 11) is 2.03. The molecule has 1 heterocycles. The van der Waals surface area contributed by atoms with E-state index < -0.39 is 0 Å². The van der Waals surface area contributed by atoms with E-state index in [1.54, 1.807) is 0 Å². The summed E-state index contributed by atoms with van der Waals surface area (Å²) in [5.41, 5.74) is 3.35. The Morgan fingerprint density at radius 2 is 1.95 bits per heavy atom. The molecule has 2 fully saturated rings. The van der Waals surface area contributed by atoms with E-state index in [-0.39, 0.29) is 5.92 Å². The van der Waals surface area contributed by atoms with Gasteiger partial charge in [-0.3, -0.25) is 4.79 Å². The summed E-state index contributed by atoms with van der Waals surface area (Å²) in [5, 5.41) is 1.12. The van der Waals surface area contributed by atoms with Gasteiger partial charge in [0, 0.05) is 35.6 Å². The van der Waals surface area contributed by atoms with Gasteiger partial charge in [0.1, 0.15) is 0 Å². The van der Waals surface area contributed by atoms with Crippen molar-refractivity contribution in [3.8, 4) is 0 Å². The lowest BCUT2D eigenvalue weighted by atomic mass is 9.93. The smallest absolute Gasteiger partial charge is 0.168 e. The fourth-order valence-electron chi connectivity index (χ4n) is 3.84. The van der Waals surface area contributed by atoms with E-state index in [9.17, 15) is 4.79 Å². The minimum atomic E-state index is 0.288. The number of nitrogens with zero attached hydrogens (tertiary/aromatic N) is 1. The summed E-state index contributed by atoms with van der Waals surface area (Å²) < 4.78 is 2.09. The number of carbonyl (C=O) groups is 1. The molecule has 2 aliphatic rings. The van der Waals surface area contributed by atoms with Gasteiger partial charge < -0.3 is 4.57 Å². The van der Waals surface area contributed by atoms with Crippen LogP contribution in [-0.2, 0) is 7.05 Å². The third-order valence-electron chi connectivity index (χ3n) is 5.03. The second-order valence-electron chi connectivity index (χ2n) is 6.46. The van der Waals surface area contributed by atoms with Crippen molar-refractivity contribution in [2.24, 2.45) is 24.8 Å². The van der Waals surface area contributed by atoms with Crippen LogP contribution >= 0.6 is 0 Å². The van der Waals surface area contributed by atoms with Crippen molar-refractivity contribution in [2.75, 3.05) is 0 Å². The predicted molar refractivity (Wildman–Crippen MR) is 76.3 cm³/mol. The molecule has 1 aromatic heterocycles. The Balaban J connectivity index is 1.76. The molecule has 98 valence electrons. The molecule has 0 aliphatic heterocycles. The van der Waals surface area contributed by atoms with Gasteiger partial charge in [0.2, 0.25) is 0 Å². The van der Waals surface area contributed by atoms with Crippen molar-refractivity contribution in [1.82, 2.24) is 4.57 Å². The highest BCUT2D eigenvalue weighted by Crippen LogP contribution is 2.55. The standard InChI is InChI=1S/C17H19NO/c1-10-3-4-14-15(9-18(2)16(14)5-10)17(19)13-7-11-6-12(11)8-13/h3-5,9,11-13H,6-8H2,1-2H3. The van der Waals surface area contributed by atoms with Gasteiger partial charge in [-0.1, -0.05) is 12.1 Å². The first-order chi connectivity index (χ1) is 9.13. The Bertz CT molecular complexity index is 672. The van der Waals surface area contributed by atoms with Crippen LogP contribution in [0.1, 0.15) is 35.2 Å². The molecule has 0 amide bonds. The van der Waals surface area contributed by atoms with E-state index in [4.69, 9.17) is 0 Å². The monoisotopic (exact) mass is 253 g/mol. The van der Waals surface area contributed by atoms with Crippen LogP contribution in [0.25, 0.3) is 10.9 Å². The molecule has 0 spiro atoms. The number of aryl methyl sites for hydroxylation is 2. The molecule has 0 N–H and O–H groups in total. The van der Waals surface area contributed by atoms with Gasteiger partial charge in [-0.2, -0.15) is 0 Å². The molecule has 19 heavy (non-hydrogen) atoms. The quantitative estimate of drug-likeness (QED) is 0.748. The summed E-state index contributed by atoms with van der Waals surface area (Å²) >= 11 is 0. The Kier molecular flexibility index (Phi) is 2.21. The average Bonchev–Trinajstić information content (AvgIpc) is 2.87. The number of carbonyl (C=O) groups excluding carboxylic acids is 1. The van der Waals surface area contributed by atoms with E-state index in [2.05, 4.69) is 29.7 Å². The van der Waals surface area contributed by atoms with Crippen LogP contribution in [0.3, 0.4) is 0 Å². The molecule has 2 atom stereocenters. The van der Waals surface area contributed by atoms with Gasteiger partial charge in [-0.15, -0.1) is 0 Å². The maximum absolute atomic E-state index is 12.7. The number of ketones is 1. The number of hydrogen-bond donors (Lipinski definition) is 0. The van der Waals surface area contributed by atoms with Crippen LogP contribution in [-0.4, -0.2) is 10.4 Å². The SMILES string of the molecule is Cc1ccc2c(C(=O)C3CC4CC4C3)cn(C)c2c1. The summed E-state index contributed by atoms with van der Waals surface area (Å²) in [5.74, 6) is 2.40. The van der Waals surface area contributed by atoms with Crippen LogP contribution in [0.15, 0.2) is 24.4 Å². The van der Waals surface area contributed by atoms with Crippen LogP contribution in [0.4, 0.5) is 0 Å². The first-order valence-electron chi connectivity index (χ1n) is 7.23. The van der Waals surface area contributed by atoms with Gasteiger partial charge in [0.25, 0.3) is 0 Å². The van der Waals surface area contributed by atoms with Crippen molar-refractivity contribution < 1.29 is 4.79 Å². The molecule has 0 saturated heterocycles. The maximum atomic E-state index is 12.7. The van der Waals surface area contributed by atoms with Crippen LogP contribution < -0.4 is 0 Å². The van der Waals surface area contributed by atoms with Gasteiger partial charge in [0.05, 0.1) is 0 Å². The highest BCUT2D eigenvalue weighted by atomic mass is 16.1.